The van der Waals surface area contributed by atoms with E-state index in [9.17, 15) is 14.4 Å². The highest BCUT2D eigenvalue weighted by atomic mass is 16.5. The molecule has 1 aliphatic heterocycles. The molecule has 0 spiro atoms. The van der Waals surface area contributed by atoms with E-state index in [-0.39, 0.29) is 29.4 Å². The molecule has 132 valence electrons. The zero-order valence-corrected chi connectivity index (χ0v) is 14.6. The molecule has 0 saturated carbocycles. The smallest absolute Gasteiger partial charge is 0.342 e. The second-order valence-electron chi connectivity index (χ2n) is 6.23. The van der Waals surface area contributed by atoms with Crippen molar-refractivity contribution in [1.29, 1.82) is 0 Å². The number of hydrogen-bond acceptors (Lipinski definition) is 6. The molecule has 1 amide bonds. The van der Waals surface area contributed by atoms with Crippen LogP contribution in [0.4, 0.5) is 0 Å². The van der Waals surface area contributed by atoms with Crippen LogP contribution in [0.15, 0.2) is 15.3 Å². The van der Waals surface area contributed by atoms with E-state index in [4.69, 9.17) is 13.9 Å². The minimum absolute atomic E-state index is 0.0616. The van der Waals surface area contributed by atoms with Crippen molar-refractivity contribution in [3.05, 3.63) is 33.4 Å². The molecule has 0 bridgehead atoms. The van der Waals surface area contributed by atoms with E-state index in [1.807, 2.05) is 13.8 Å². The first-order valence-corrected chi connectivity index (χ1v) is 7.95. The van der Waals surface area contributed by atoms with Crippen molar-refractivity contribution in [3.63, 3.8) is 0 Å². The zero-order chi connectivity index (χ0) is 18.0. The van der Waals surface area contributed by atoms with Gasteiger partial charge in [-0.25, -0.2) is 9.59 Å². The summed E-state index contributed by atoms with van der Waals surface area (Å²) in [4.78, 5) is 37.8. The Balaban J connectivity index is 2.09. The van der Waals surface area contributed by atoms with Crippen LogP contribution in [-0.4, -0.2) is 48.2 Å². The van der Waals surface area contributed by atoms with Gasteiger partial charge in [0, 0.05) is 19.2 Å². The summed E-state index contributed by atoms with van der Waals surface area (Å²) in [5.74, 6) is -0.764. The van der Waals surface area contributed by atoms with Crippen molar-refractivity contribution in [2.24, 2.45) is 0 Å². The van der Waals surface area contributed by atoms with Crippen LogP contribution in [0.5, 0.6) is 0 Å². The van der Waals surface area contributed by atoms with Gasteiger partial charge in [0.2, 0.25) is 0 Å². The summed E-state index contributed by atoms with van der Waals surface area (Å²) in [7, 11) is 0. The normalized spacial score (nSPS) is 22.1. The van der Waals surface area contributed by atoms with Crippen LogP contribution in [0.25, 0.3) is 0 Å². The third kappa shape index (κ3) is 4.03. The predicted octanol–water partition coefficient (Wildman–Crippen LogP) is 1.44. The van der Waals surface area contributed by atoms with E-state index in [0.29, 0.717) is 18.7 Å². The number of esters is 1. The lowest BCUT2D eigenvalue weighted by molar-refractivity contribution is -0.151. The fourth-order valence-corrected chi connectivity index (χ4v) is 2.95. The minimum Gasteiger partial charge on any atom is -0.449 e. The molecule has 0 N–H and O–H groups in total. The van der Waals surface area contributed by atoms with E-state index >= 15 is 0 Å². The van der Waals surface area contributed by atoms with Gasteiger partial charge in [-0.15, -0.1) is 0 Å². The maximum atomic E-state index is 12.5. The predicted molar refractivity (Wildman–Crippen MR) is 85.9 cm³/mol. The van der Waals surface area contributed by atoms with Crippen LogP contribution in [0, 0.1) is 13.8 Å². The van der Waals surface area contributed by atoms with E-state index in [0.717, 1.165) is 0 Å². The van der Waals surface area contributed by atoms with Crippen LogP contribution in [0.3, 0.4) is 0 Å². The van der Waals surface area contributed by atoms with Gasteiger partial charge >= 0.3 is 11.6 Å². The van der Waals surface area contributed by atoms with Crippen LogP contribution >= 0.6 is 0 Å². The van der Waals surface area contributed by atoms with Crippen LogP contribution in [-0.2, 0) is 14.3 Å². The first kappa shape index (κ1) is 18.2. The number of hydrogen-bond donors (Lipinski definition) is 0. The van der Waals surface area contributed by atoms with E-state index in [1.165, 1.54) is 19.9 Å². The Morgan fingerprint density at radius 3 is 2.38 bits per heavy atom. The van der Waals surface area contributed by atoms with Crippen LogP contribution in [0.1, 0.15) is 42.5 Å². The Morgan fingerprint density at radius 2 is 1.83 bits per heavy atom. The molecule has 0 unspecified atom stereocenters. The van der Waals surface area contributed by atoms with Crippen molar-refractivity contribution in [2.75, 3.05) is 13.1 Å². The molecule has 2 rings (SSSR count). The Kier molecular flexibility index (Phi) is 5.43. The van der Waals surface area contributed by atoms with Gasteiger partial charge in [0.15, 0.2) is 6.10 Å². The summed E-state index contributed by atoms with van der Waals surface area (Å²) >= 11 is 0. The first-order chi connectivity index (χ1) is 11.2. The number of carbonyl (C=O) groups excluding carboxylic acids is 2. The zero-order valence-electron chi connectivity index (χ0n) is 14.6. The Labute approximate surface area is 140 Å². The van der Waals surface area contributed by atoms with Gasteiger partial charge in [-0.05, 0) is 40.2 Å². The second kappa shape index (κ2) is 7.17. The topological polar surface area (TPSA) is 86.1 Å². The van der Waals surface area contributed by atoms with E-state index in [1.54, 1.807) is 11.8 Å². The van der Waals surface area contributed by atoms with E-state index in [2.05, 4.69) is 0 Å². The summed E-state index contributed by atoms with van der Waals surface area (Å²) in [5, 5.41) is 0. The van der Waals surface area contributed by atoms with Gasteiger partial charge in [-0.3, -0.25) is 4.79 Å². The van der Waals surface area contributed by atoms with Gasteiger partial charge in [-0.1, -0.05) is 0 Å². The summed E-state index contributed by atoms with van der Waals surface area (Å²) < 4.78 is 15.8. The van der Waals surface area contributed by atoms with Gasteiger partial charge in [-0.2, -0.15) is 0 Å². The van der Waals surface area contributed by atoms with Gasteiger partial charge in [0.25, 0.3) is 5.91 Å². The van der Waals surface area contributed by atoms with Crippen LogP contribution < -0.4 is 5.63 Å². The number of amides is 1. The standard InChI is InChI=1S/C17H23NO6/c1-9-6-14(19)23-12(4)15(9)17(21)24-13(5)16(20)18-7-10(2)22-11(3)8-18/h6,10-11,13H,7-8H2,1-5H3/t10-,11-,13-/m1/s1. The highest BCUT2D eigenvalue weighted by Gasteiger charge is 2.31. The molecule has 1 saturated heterocycles. The lowest BCUT2D eigenvalue weighted by atomic mass is 10.1. The third-order valence-corrected chi connectivity index (χ3v) is 3.90. The quantitative estimate of drug-likeness (QED) is 0.776. The number of carbonyl (C=O) groups is 2. The number of morpholine rings is 1. The maximum absolute atomic E-state index is 12.5. The Bertz CT molecular complexity index is 659. The van der Waals surface area contributed by atoms with E-state index < -0.39 is 17.7 Å². The molecule has 0 aliphatic carbocycles. The second-order valence-corrected chi connectivity index (χ2v) is 6.23. The summed E-state index contributed by atoms with van der Waals surface area (Å²) in [5.41, 5.74) is 0.113. The number of aryl methyl sites for hydroxylation is 2. The van der Waals surface area contributed by atoms with Gasteiger partial charge in [0.05, 0.1) is 12.2 Å². The SMILES string of the molecule is Cc1cc(=O)oc(C)c1C(=O)O[C@H](C)C(=O)N1C[C@@H](C)O[C@H](C)C1. The Hall–Kier alpha value is -2.15. The molecule has 1 aliphatic rings. The molecular formula is C17H23NO6. The largest absolute Gasteiger partial charge is 0.449 e. The fourth-order valence-electron chi connectivity index (χ4n) is 2.95. The van der Waals surface area contributed by atoms with Crippen molar-refractivity contribution < 1.29 is 23.5 Å². The molecule has 0 radical (unpaired) electrons. The van der Waals surface area contributed by atoms with Crippen LogP contribution in [0.2, 0.25) is 0 Å². The molecule has 24 heavy (non-hydrogen) atoms. The van der Waals surface area contributed by atoms with Crippen molar-refractivity contribution in [2.45, 2.75) is 52.9 Å². The highest BCUT2D eigenvalue weighted by Crippen LogP contribution is 2.16. The molecule has 1 fully saturated rings. The van der Waals surface area contributed by atoms with Crippen molar-refractivity contribution in [1.82, 2.24) is 4.90 Å². The molecule has 7 heteroatoms. The molecular weight excluding hydrogens is 314 g/mol. The average Bonchev–Trinajstić information content (AvgIpc) is 2.44. The summed E-state index contributed by atoms with van der Waals surface area (Å²) in [6.07, 6.45) is -1.05. The lowest BCUT2D eigenvalue weighted by Crippen LogP contribution is -2.51. The summed E-state index contributed by atoms with van der Waals surface area (Å²) in [6, 6.07) is 1.22. The maximum Gasteiger partial charge on any atom is 0.342 e. The van der Waals surface area contributed by atoms with Crippen molar-refractivity contribution >= 4 is 11.9 Å². The molecule has 1 aromatic heterocycles. The highest BCUT2D eigenvalue weighted by molar-refractivity contribution is 5.94. The number of nitrogens with zero attached hydrogens (tertiary/aromatic N) is 1. The monoisotopic (exact) mass is 337 g/mol. The molecule has 0 aromatic carbocycles. The Morgan fingerprint density at radius 1 is 1.25 bits per heavy atom. The average molecular weight is 337 g/mol. The third-order valence-electron chi connectivity index (χ3n) is 3.90. The fraction of sp³-hybridized carbons (Fsp3) is 0.588. The molecule has 1 aromatic rings. The molecule has 7 nitrogen and oxygen atoms in total. The number of rotatable bonds is 3. The number of ether oxygens (including phenoxy) is 2. The van der Waals surface area contributed by atoms with Crippen molar-refractivity contribution in [3.8, 4) is 0 Å². The van der Waals surface area contributed by atoms with Gasteiger partial charge in [0.1, 0.15) is 11.3 Å². The molecule has 2 heterocycles. The first-order valence-electron chi connectivity index (χ1n) is 7.95. The minimum atomic E-state index is -0.930. The lowest BCUT2D eigenvalue weighted by Gasteiger charge is -2.36. The molecule has 3 atom stereocenters. The van der Waals surface area contributed by atoms with Gasteiger partial charge < -0.3 is 18.8 Å². The summed E-state index contributed by atoms with van der Waals surface area (Å²) in [6.45, 7) is 9.39.